The maximum Gasteiger partial charge on any atom is 0.0988 e. The van der Waals surface area contributed by atoms with Crippen molar-refractivity contribution in [3.63, 3.8) is 0 Å². The third-order valence-corrected chi connectivity index (χ3v) is 0.731. The fraction of sp³-hybridized carbons (Fsp3) is 0. The molecule has 0 atom stereocenters. The summed E-state index contributed by atoms with van der Waals surface area (Å²) >= 11 is 0. The second-order valence-corrected chi connectivity index (χ2v) is 1.27. The Labute approximate surface area is 46.9 Å². The Bertz CT molecular complexity index is 170. The molecular weight excluding hydrogens is 102 g/mol. The molecule has 1 N–H and O–H groups in total. The summed E-state index contributed by atoms with van der Waals surface area (Å²) in [4.78, 5) is 7.53. The van der Waals surface area contributed by atoms with Gasteiger partial charge in [0.25, 0.3) is 0 Å². The third kappa shape index (κ3) is 0.872. The molecule has 0 aliphatic carbocycles. The smallest absolute Gasteiger partial charge is 0.0988 e. The molecule has 1 rings (SSSR count). The van der Waals surface area contributed by atoms with E-state index in [4.69, 9.17) is 5.41 Å². The van der Waals surface area contributed by atoms with E-state index < -0.39 is 0 Å². The number of rotatable bonds is 1. The van der Waals surface area contributed by atoms with E-state index in [-0.39, 0.29) is 0 Å². The van der Waals surface area contributed by atoms with E-state index in [1.54, 1.807) is 12.4 Å². The number of nitrogens with one attached hydrogen (secondary N) is 1. The lowest BCUT2D eigenvalue weighted by Crippen LogP contribution is -1.84. The first-order valence-electron chi connectivity index (χ1n) is 2.20. The number of hydrogen-bond donors (Lipinski definition) is 1. The lowest BCUT2D eigenvalue weighted by atomic mass is 10.5. The SMILES string of the molecule is N=Cc1cnccn1. The highest BCUT2D eigenvalue weighted by Crippen LogP contribution is 1.80. The van der Waals surface area contributed by atoms with Crippen molar-refractivity contribution in [1.82, 2.24) is 9.97 Å². The summed E-state index contributed by atoms with van der Waals surface area (Å²) in [7, 11) is 0. The summed E-state index contributed by atoms with van der Waals surface area (Å²) in [5.41, 5.74) is 0.590. The number of hydrogen-bond acceptors (Lipinski definition) is 3. The summed E-state index contributed by atoms with van der Waals surface area (Å²) in [6.07, 6.45) is 5.83. The van der Waals surface area contributed by atoms with Crippen LogP contribution in [0.15, 0.2) is 18.6 Å². The van der Waals surface area contributed by atoms with Gasteiger partial charge in [0.1, 0.15) is 0 Å². The van der Waals surface area contributed by atoms with E-state index in [2.05, 4.69) is 9.97 Å². The molecule has 1 aromatic rings. The molecule has 0 fully saturated rings. The van der Waals surface area contributed by atoms with Crippen LogP contribution in [0.5, 0.6) is 0 Å². The summed E-state index contributed by atoms with van der Waals surface area (Å²) in [6, 6.07) is 0. The molecular formula is C5H5N3. The summed E-state index contributed by atoms with van der Waals surface area (Å²) in [5, 5.41) is 6.72. The summed E-state index contributed by atoms with van der Waals surface area (Å²) in [6.45, 7) is 0. The predicted molar refractivity (Wildman–Crippen MR) is 29.9 cm³/mol. The zero-order valence-electron chi connectivity index (χ0n) is 4.20. The van der Waals surface area contributed by atoms with Crippen LogP contribution in [0.1, 0.15) is 5.69 Å². The zero-order chi connectivity index (χ0) is 5.82. The van der Waals surface area contributed by atoms with Crippen LogP contribution in [0, 0.1) is 5.41 Å². The van der Waals surface area contributed by atoms with Gasteiger partial charge in [0.05, 0.1) is 11.9 Å². The maximum absolute atomic E-state index is 6.72. The molecule has 1 heterocycles. The molecule has 1 aromatic heterocycles. The van der Waals surface area contributed by atoms with Crippen molar-refractivity contribution in [3.8, 4) is 0 Å². The molecule has 0 aliphatic heterocycles. The van der Waals surface area contributed by atoms with Gasteiger partial charge in [-0.25, -0.2) is 0 Å². The molecule has 0 amide bonds. The van der Waals surface area contributed by atoms with Crippen LogP contribution in [0.2, 0.25) is 0 Å². The lowest BCUT2D eigenvalue weighted by Gasteiger charge is -1.82. The highest BCUT2D eigenvalue weighted by molar-refractivity contribution is 5.72. The van der Waals surface area contributed by atoms with Crippen molar-refractivity contribution < 1.29 is 0 Å². The highest BCUT2D eigenvalue weighted by Gasteiger charge is 1.80. The van der Waals surface area contributed by atoms with E-state index in [9.17, 15) is 0 Å². The minimum atomic E-state index is 0.590. The van der Waals surface area contributed by atoms with E-state index in [0.717, 1.165) is 6.21 Å². The minimum Gasteiger partial charge on any atom is -0.306 e. The van der Waals surface area contributed by atoms with E-state index in [0.29, 0.717) is 5.69 Å². The normalized spacial score (nSPS) is 8.50. The van der Waals surface area contributed by atoms with Crippen molar-refractivity contribution in [2.24, 2.45) is 0 Å². The fourth-order valence-corrected chi connectivity index (χ4v) is 0.385. The Hall–Kier alpha value is -1.25. The third-order valence-electron chi connectivity index (χ3n) is 0.731. The molecule has 0 aromatic carbocycles. The van der Waals surface area contributed by atoms with Gasteiger partial charge in [-0.15, -0.1) is 0 Å². The molecule has 0 spiro atoms. The number of aromatic nitrogens is 2. The molecule has 8 heavy (non-hydrogen) atoms. The van der Waals surface area contributed by atoms with Crippen molar-refractivity contribution in [1.29, 1.82) is 5.41 Å². The Balaban J connectivity index is 2.99. The first-order chi connectivity index (χ1) is 3.93. The summed E-state index contributed by atoms with van der Waals surface area (Å²) < 4.78 is 0. The van der Waals surface area contributed by atoms with Crippen LogP contribution in [0.25, 0.3) is 0 Å². The van der Waals surface area contributed by atoms with Crippen LogP contribution in [0.3, 0.4) is 0 Å². The van der Waals surface area contributed by atoms with Gasteiger partial charge in [0, 0.05) is 18.6 Å². The molecule has 0 unspecified atom stereocenters. The topological polar surface area (TPSA) is 49.6 Å². The van der Waals surface area contributed by atoms with Crippen LogP contribution in [0.4, 0.5) is 0 Å². The monoisotopic (exact) mass is 107 g/mol. The molecule has 0 radical (unpaired) electrons. The molecule has 3 nitrogen and oxygen atoms in total. The molecule has 0 bridgehead atoms. The molecule has 0 aliphatic rings. The van der Waals surface area contributed by atoms with E-state index in [1.807, 2.05) is 0 Å². The van der Waals surface area contributed by atoms with Crippen molar-refractivity contribution in [3.05, 3.63) is 24.3 Å². The van der Waals surface area contributed by atoms with Crippen molar-refractivity contribution in [2.75, 3.05) is 0 Å². The Kier molecular flexibility index (Phi) is 1.32. The van der Waals surface area contributed by atoms with Gasteiger partial charge in [-0.2, -0.15) is 0 Å². The van der Waals surface area contributed by atoms with Crippen molar-refractivity contribution in [2.45, 2.75) is 0 Å². The van der Waals surface area contributed by atoms with Gasteiger partial charge in [-0.3, -0.25) is 9.97 Å². The summed E-state index contributed by atoms with van der Waals surface area (Å²) in [5.74, 6) is 0. The van der Waals surface area contributed by atoms with Gasteiger partial charge in [0.2, 0.25) is 0 Å². The van der Waals surface area contributed by atoms with E-state index in [1.165, 1.54) is 6.20 Å². The van der Waals surface area contributed by atoms with E-state index >= 15 is 0 Å². The Morgan fingerprint density at radius 1 is 1.50 bits per heavy atom. The van der Waals surface area contributed by atoms with Gasteiger partial charge >= 0.3 is 0 Å². The Morgan fingerprint density at radius 2 is 2.38 bits per heavy atom. The van der Waals surface area contributed by atoms with Crippen LogP contribution < -0.4 is 0 Å². The second-order valence-electron chi connectivity index (χ2n) is 1.27. The van der Waals surface area contributed by atoms with Gasteiger partial charge in [0.15, 0.2) is 0 Å². The van der Waals surface area contributed by atoms with Crippen LogP contribution in [-0.2, 0) is 0 Å². The zero-order valence-corrected chi connectivity index (χ0v) is 4.20. The average molecular weight is 107 g/mol. The first kappa shape index (κ1) is 4.90. The number of nitrogens with zero attached hydrogens (tertiary/aromatic N) is 2. The second kappa shape index (κ2) is 2.16. The molecule has 3 heteroatoms. The van der Waals surface area contributed by atoms with Crippen LogP contribution in [-0.4, -0.2) is 16.2 Å². The Morgan fingerprint density at radius 3 is 2.75 bits per heavy atom. The average Bonchev–Trinajstić information content (AvgIpc) is 1.90. The van der Waals surface area contributed by atoms with Gasteiger partial charge < -0.3 is 5.41 Å². The first-order valence-corrected chi connectivity index (χ1v) is 2.20. The van der Waals surface area contributed by atoms with Gasteiger partial charge in [-0.05, 0) is 0 Å². The molecule has 0 saturated carbocycles. The van der Waals surface area contributed by atoms with Gasteiger partial charge in [-0.1, -0.05) is 0 Å². The van der Waals surface area contributed by atoms with Crippen LogP contribution >= 0.6 is 0 Å². The quantitative estimate of drug-likeness (QED) is 0.530. The minimum absolute atomic E-state index is 0.590. The lowest BCUT2D eigenvalue weighted by molar-refractivity contribution is 1.18. The highest BCUT2D eigenvalue weighted by atomic mass is 14.8. The molecule has 40 valence electrons. The van der Waals surface area contributed by atoms with Crippen molar-refractivity contribution >= 4 is 6.21 Å². The molecule has 0 saturated heterocycles. The predicted octanol–water partition coefficient (Wildman–Crippen LogP) is 0.474. The standard InChI is InChI=1S/C5H5N3/c6-3-5-4-7-1-2-8-5/h1-4,6H. The fourth-order valence-electron chi connectivity index (χ4n) is 0.385. The maximum atomic E-state index is 6.72. The largest absolute Gasteiger partial charge is 0.306 e.